The van der Waals surface area contributed by atoms with Crippen molar-refractivity contribution in [1.29, 1.82) is 0 Å². The highest BCUT2D eigenvalue weighted by Gasteiger charge is 2.38. The topological polar surface area (TPSA) is 236 Å². The van der Waals surface area contributed by atoms with Crippen molar-refractivity contribution in [3.05, 3.63) is 148 Å². The Balaban J connectivity index is 0.632. The van der Waals surface area contributed by atoms with Gasteiger partial charge < -0.3 is 60.4 Å². The fourth-order valence-electron chi connectivity index (χ4n) is 10.3. The number of anilines is 1. The fourth-order valence-corrected chi connectivity index (χ4v) is 10.6. The molecule has 0 bridgehead atoms. The third-order valence-electron chi connectivity index (χ3n) is 15.1. The zero-order valence-electron chi connectivity index (χ0n) is 47.1. The van der Waals surface area contributed by atoms with Crippen molar-refractivity contribution in [2.45, 2.75) is 58.1 Å². The van der Waals surface area contributed by atoms with Gasteiger partial charge in [0.1, 0.15) is 5.75 Å². The average molecular weight is 1130 g/mol. The molecule has 7 N–H and O–H groups in total. The van der Waals surface area contributed by atoms with Crippen molar-refractivity contribution in [1.82, 2.24) is 50.1 Å². The number of ether oxygens (including phenoxy) is 3. The van der Waals surface area contributed by atoms with Crippen LogP contribution in [0.2, 0.25) is 5.02 Å². The molecule has 19 nitrogen and oxygen atoms in total. The lowest BCUT2D eigenvalue weighted by Crippen LogP contribution is -2.53. The number of aromatic nitrogens is 5. The number of rotatable bonds is 25. The number of likely N-dealkylation sites (N-methyl/N-ethyl adjacent to an activating group) is 1. The predicted molar refractivity (Wildman–Crippen MR) is 318 cm³/mol. The van der Waals surface area contributed by atoms with Gasteiger partial charge in [-0.2, -0.15) is 10.1 Å². The molecule has 0 saturated carbocycles. The van der Waals surface area contributed by atoms with E-state index < -0.39 is 5.60 Å². The molecule has 82 heavy (non-hydrogen) atoms. The number of aryl methyl sites for hydroxylation is 3. The van der Waals surface area contributed by atoms with E-state index in [1.807, 2.05) is 118 Å². The number of amides is 4. The van der Waals surface area contributed by atoms with Crippen molar-refractivity contribution < 1.29 is 38.5 Å². The smallest absolute Gasteiger partial charge is 0.300 e. The van der Waals surface area contributed by atoms with Gasteiger partial charge in [0, 0.05) is 100 Å². The summed E-state index contributed by atoms with van der Waals surface area (Å²) in [6, 6.07) is 35.2. The fraction of sp³-hybridized carbons (Fsp3) is 0.355. The maximum absolute atomic E-state index is 13.9. The maximum atomic E-state index is 13.9. The molecule has 0 unspecified atom stereocenters. The van der Waals surface area contributed by atoms with Crippen LogP contribution in [0.1, 0.15) is 76.6 Å². The van der Waals surface area contributed by atoms with Gasteiger partial charge in [-0.15, -0.1) is 0 Å². The van der Waals surface area contributed by atoms with Crippen LogP contribution in [-0.4, -0.2) is 141 Å². The van der Waals surface area contributed by atoms with Crippen LogP contribution in [0.5, 0.6) is 11.8 Å². The SMILES string of the molecule is CCN(CC1(O)CCN(C(=O)C[C@@H](C)c2ccccc2)CC1)C(=O)c1nn(C)c(-c2ccc(CNCC(=O)NCCOCCOCCNC(=O)c3cc(Oc4nc5cc(-c6ccc7c(ccn7C)c6)c(Cl)cc5[nH]4)ccc3C)cc2)c1N. The molecule has 20 heteroatoms. The summed E-state index contributed by atoms with van der Waals surface area (Å²) in [5.41, 5.74) is 14.9. The van der Waals surface area contributed by atoms with Crippen LogP contribution in [0.3, 0.4) is 0 Å². The monoisotopic (exact) mass is 1130 g/mol. The van der Waals surface area contributed by atoms with Crippen LogP contribution < -0.4 is 26.4 Å². The number of aliphatic hydroxyl groups is 1. The van der Waals surface area contributed by atoms with Crippen LogP contribution in [0.15, 0.2) is 115 Å². The Hall–Kier alpha value is -8.07. The maximum Gasteiger partial charge on any atom is 0.300 e. The van der Waals surface area contributed by atoms with E-state index >= 15 is 0 Å². The van der Waals surface area contributed by atoms with Gasteiger partial charge in [-0.3, -0.25) is 23.9 Å². The van der Waals surface area contributed by atoms with Crippen molar-refractivity contribution in [3.8, 4) is 34.1 Å². The van der Waals surface area contributed by atoms with Crippen LogP contribution in [-0.2, 0) is 39.7 Å². The second kappa shape index (κ2) is 26.7. The van der Waals surface area contributed by atoms with Gasteiger partial charge in [0.15, 0.2) is 5.69 Å². The van der Waals surface area contributed by atoms with Gasteiger partial charge in [-0.05, 0) is 97.3 Å². The number of carbonyl (C=O) groups is 4. The first kappa shape index (κ1) is 58.6. The Morgan fingerprint density at radius 3 is 2.33 bits per heavy atom. The number of hydrogen-bond acceptors (Lipinski definition) is 12. The molecule has 430 valence electrons. The number of aromatic amines is 1. The van der Waals surface area contributed by atoms with Gasteiger partial charge >= 0.3 is 0 Å². The number of benzene rings is 5. The summed E-state index contributed by atoms with van der Waals surface area (Å²) < 4.78 is 21.0. The summed E-state index contributed by atoms with van der Waals surface area (Å²) in [5.74, 6) is -0.218. The Labute approximate surface area is 482 Å². The molecule has 0 radical (unpaired) electrons. The highest BCUT2D eigenvalue weighted by Crippen LogP contribution is 2.36. The molecular formula is C62H72ClN11O8. The quantitative estimate of drug-likeness (QED) is 0.0298. The Kier molecular flexibility index (Phi) is 19.1. The normalized spacial score (nSPS) is 13.6. The standard InChI is InChI=1S/C62H72ClN11O8/c1-6-73(39-62(79)21-26-74(27-22-62)55(76)32-41(3)43-10-8-7-9-11-43)60(78)57-56(64)58(72(5)70-57)44-15-13-42(14-16-44)37-65-38-54(75)66-23-28-80-30-31-81-29-24-67-59(77)48-34-47(18-12-40(48)2)82-61-68-51-35-49(50(63)36-52(51)69-61)45-17-19-53-46(33-45)20-25-71(53)4/h7-20,25,33-36,41,65,79H,6,21-24,26-32,37-39,64H2,1-5H3,(H,66,75)(H,67,77)(H,68,69)/t41-/m1/s1. The summed E-state index contributed by atoms with van der Waals surface area (Å²) in [6.45, 7) is 9.41. The predicted octanol–water partition coefficient (Wildman–Crippen LogP) is 8.14. The van der Waals surface area contributed by atoms with Gasteiger partial charge in [-0.1, -0.05) is 85.3 Å². The first-order chi connectivity index (χ1) is 39.6. The number of imidazole rings is 1. The summed E-state index contributed by atoms with van der Waals surface area (Å²) in [7, 11) is 3.75. The number of nitrogen functional groups attached to an aromatic ring is 1. The van der Waals surface area contributed by atoms with E-state index in [4.69, 9.17) is 31.5 Å². The van der Waals surface area contributed by atoms with Crippen molar-refractivity contribution in [2.75, 3.05) is 78.0 Å². The van der Waals surface area contributed by atoms with E-state index in [1.165, 1.54) is 0 Å². The van der Waals surface area contributed by atoms with Crippen LogP contribution in [0.4, 0.5) is 5.69 Å². The number of H-pyrrole nitrogens is 1. The number of nitrogens with one attached hydrogen (secondary N) is 4. The largest absolute Gasteiger partial charge is 0.426 e. The van der Waals surface area contributed by atoms with Gasteiger partial charge in [-0.25, -0.2) is 0 Å². The number of hydrogen-bond donors (Lipinski definition) is 6. The number of likely N-dealkylation sites (tertiary alicyclic amines) is 1. The molecule has 1 fully saturated rings. The summed E-state index contributed by atoms with van der Waals surface area (Å²) >= 11 is 6.74. The molecule has 3 aromatic heterocycles. The van der Waals surface area contributed by atoms with Crippen LogP contribution in [0.25, 0.3) is 44.3 Å². The van der Waals surface area contributed by atoms with Crippen molar-refractivity contribution in [2.24, 2.45) is 14.1 Å². The molecule has 1 saturated heterocycles. The molecule has 5 aromatic carbocycles. The highest BCUT2D eigenvalue weighted by atomic mass is 35.5. The first-order valence-corrected chi connectivity index (χ1v) is 28.1. The lowest BCUT2D eigenvalue weighted by Gasteiger charge is -2.41. The zero-order valence-corrected chi connectivity index (χ0v) is 47.9. The number of fused-ring (bicyclic) bond motifs is 2. The molecule has 1 aliphatic heterocycles. The number of nitrogens with two attached hydrogens (primary N) is 1. The number of nitrogens with zero attached hydrogens (tertiary/aromatic N) is 6. The Morgan fingerprint density at radius 2 is 1.60 bits per heavy atom. The van der Waals surface area contributed by atoms with E-state index in [2.05, 4.69) is 53.8 Å². The third-order valence-corrected chi connectivity index (χ3v) is 15.4. The van der Waals surface area contributed by atoms with E-state index in [9.17, 15) is 24.3 Å². The minimum absolute atomic E-state index is 0.0596. The molecule has 8 aromatic rings. The lowest BCUT2D eigenvalue weighted by molar-refractivity contribution is -0.136. The molecule has 1 atom stereocenters. The summed E-state index contributed by atoms with van der Waals surface area (Å²) in [5, 5.41) is 26.7. The number of piperidine rings is 1. The number of carbonyl (C=O) groups excluding carboxylic acids is 4. The average Bonchev–Trinajstić information content (AvgIpc) is 4.23. The van der Waals surface area contributed by atoms with Crippen LogP contribution in [0, 0.1) is 6.92 Å². The van der Waals surface area contributed by atoms with E-state index in [-0.39, 0.29) is 73.2 Å². The van der Waals surface area contributed by atoms with Crippen molar-refractivity contribution in [3.63, 3.8) is 0 Å². The molecule has 1 aliphatic rings. The van der Waals surface area contributed by atoms with Gasteiger partial charge in [0.05, 0.1) is 66.0 Å². The minimum atomic E-state index is -1.15. The molecule has 0 aliphatic carbocycles. The Bertz CT molecular complexity index is 3530. The number of halogens is 1. The first-order valence-electron chi connectivity index (χ1n) is 27.8. The molecule has 4 amide bonds. The van der Waals surface area contributed by atoms with Gasteiger partial charge in [0.2, 0.25) is 11.8 Å². The second-order valence-corrected chi connectivity index (χ2v) is 21.4. The highest BCUT2D eigenvalue weighted by molar-refractivity contribution is 6.34. The second-order valence-electron chi connectivity index (χ2n) is 21.0. The molecule has 9 rings (SSSR count). The van der Waals surface area contributed by atoms with E-state index in [0.717, 1.165) is 49.8 Å². The van der Waals surface area contributed by atoms with Gasteiger partial charge in [0.25, 0.3) is 17.8 Å². The summed E-state index contributed by atoms with van der Waals surface area (Å²) in [6.07, 6.45) is 3.13. The Morgan fingerprint density at radius 1 is 0.878 bits per heavy atom. The molecule has 0 spiro atoms. The molecule has 4 heterocycles. The zero-order chi connectivity index (χ0) is 57.9. The minimum Gasteiger partial charge on any atom is -0.426 e. The van der Waals surface area contributed by atoms with Crippen molar-refractivity contribution >= 4 is 62.9 Å². The van der Waals surface area contributed by atoms with Crippen LogP contribution >= 0.6 is 11.6 Å². The lowest BCUT2D eigenvalue weighted by atomic mass is 9.89. The van der Waals surface area contributed by atoms with E-state index in [1.54, 1.807) is 28.8 Å². The summed E-state index contributed by atoms with van der Waals surface area (Å²) in [4.78, 5) is 64.0. The third kappa shape index (κ3) is 14.3. The van der Waals surface area contributed by atoms with E-state index in [0.29, 0.717) is 99.4 Å². The molecular weight excluding hydrogens is 1060 g/mol.